The molecule has 22 heavy (non-hydrogen) atoms. The number of carbonyl (C=O) groups excluding carboxylic acids is 1. The van der Waals surface area contributed by atoms with Crippen LogP contribution in [0.3, 0.4) is 0 Å². The van der Waals surface area contributed by atoms with Gasteiger partial charge in [0.25, 0.3) is 0 Å². The zero-order valence-corrected chi connectivity index (χ0v) is 13.8. The Kier molecular flexibility index (Phi) is 4.44. The van der Waals surface area contributed by atoms with E-state index in [1.165, 1.54) is 0 Å². The van der Waals surface area contributed by atoms with E-state index in [0.717, 1.165) is 12.0 Å². The topological polar surface area (TPSA) is 38.8 Å². The second-order valence-electron chi connectivity index (χ2n) is 6.30. The zero-order valence-electron chi connectivity index (χ0n) is 13.0. The number of benzene rings is 1. The molecule has 0 N–H and O–H groups in total. The van der Waals surface area contributed by atoms with Gasteiger partial charge in [-0.3, -0.25) is 4.79 Å². The highest BCUT2D eigenvalue weighted by Crippen LogP contribution is 2.35. The first-order chi connectivity index (χ1) is 10.5. The minimum absolute atomic E-state index is 0.0193. The molecule has 0 unspecified atom stereocenters. The van der Waals surface area contributed by atoms with Crippen LogP contribution in [0.1, 0.15) is 25.8 Å². The molecule has 1 amide bonds. The fourth-order valence-electron chi connectivity index (χ4n) is 3.41. The molecule has 2 aliphatic heterocycles. The summed E-state index contributed by atoms with van der Waals surface area (Å²) in [6.45, 7) is 5.96. The molecule has 1 aromatic rings. The van der Waals surface area contributed by atoms with Gasteiger partial charge in [0.05, 0.1) is 25.2 Å². The molecular formula is C17H22ClNO3. The first-order valence-corrected chi connectivity index (χ1v) is 8.18. The number of nitrogens with zero attached hydrogens (tertiary/aromatic N) is 1. The monoisotopic (exact) mass is 323 g/mol. The second kappa shape index (κ2) is 6.19. The summed E-state index contributed by atoms with van der Waals surface area (Å²) in [7, 11) is 0. The Morgan fingerprint density at radius 1 is 1.41 bits per heavy atom. The number of morpholine rings is 1. The molecule has 0 aromatic heterocycles. The molecule has 2 heterocycles. The van der Waals surface area contributed by atoms with Crippen LogP contribution in [0.5, 0.6) is 0 Å². The number of carbonyl (C=O) groups is 1. The van der Waals surface area contributed by atoms with E-state index in [1.54, 1.807) is 0 Å². The quantitative estimate of drug-likeness (QED) is 0.840. The smallest absolute Gasteiger partial charge is 0.227 e. The second-order valence-corrected chi connectivity index (χ2v) is 6.71. The van der Waals surface area contributed by atoms with Gasteiger partial charge in [0.1, 0.15) is 5.60 Å². The van der Waals surface area contributed by atoms with Crippen LogP contribution in [0, 0.1) is 0 Å². The van der Waals surface area contributed by atoms with Crippen molar-refractivity contribution in [3.8, 4) is 0 Å². The molecule has 3 rings (SSSR count). The minimum atomic E-state index is -0.353. The van der Waals surface area contributed by atoms with Crippen molar-refractivity contribution in [2.75, 3.05) is 19.7 Å². The highest BCUT2D eigenvalue weighted by Gasteiger charge is 2.48. The summed E-state index contributed by atoms with van der Waals surface area (Å²) in [6, 6.07) is 7.51. The predicted octanol–water partition coefficient (Wildman–Crippen LogP) is 2.68. The maximum Gasteiger partial charge on any atom is 0.227 e. The van der Waals surface area contributed by atoms with Gasteiger partial charge in [-0.2, -0.15) is 0 Å². The first kappa shape index (κ1) is 15.8. The first-order valence-electron chi connectivity index (χ1n) is 7.81. The van der Waals surface area contributed by atoms with Crippen LogP contribution >= 0.6 is 11.6 Å². The Morgan fingerprint density at radius 2 is 2.18 bits per heavy atom. The van der Waals surface area contributed by atoms with Gasteiger partial charge in [-0.25, -0.2) is 0 Å². The normalized spacial score (nSPS) is 31.7. The summed E-state index contributed by atoms with van der Waals surface area (Å²) in [6.07, 6.45) is 1.21. The van der Waals surface area contributed by atoms with Crippen molar-refractivity contribution in [3.63, 3.8) is 0 Å². The molecule has 0 bridgehead atoms. The molecule has 2 fully saturated rings. The maximum absolute atomic E-state index is 12.7. The van der Waals surface area contributed by atoms with Crippen molar-refractivity contribution in [2.24, 2.45) is 0 Å². The van der Waals surface area contributed by atoms with E-state index in [9.17, 15) is 4.79 Å². The van der Waals surface area contributed by atoms with Gasteiger partial charge in [-0.1, -0.05) is 29.8 Å². The Labute approximate surface area is 136 Å². The summed E-state index contributed by atoms with van der Waals surface area (Å²) in [5.41, 5.74) is 0.520. The van der Waals surface area contributed by atoms with E-state index in [4.69, 9.17) is 21.1 Å². The van der Waals surface area contributed by atoms with E-state index in [2.05, 4.69) is 0 Å². The van der Waals surface area contributed by atoms with Gasteiger partial charge >= 0.3 is 0 Å². The van der Waals surface area contributed by atoms with Crippen molar-refractivity contribution >= 4 is 17.5 Å². The van der Waals surface area contributed by atoms with Gasteiger partial charge in [0.2, 0.25) is 5.91 Å². The Bertz CT molecular complexity index is 565. The molecule has 2 saturated heterocycles. The lowest BCUT2D eigenvalue weighted by molar-refractivity contribution is -0.178. The summed E-state index contributed by atoms with van der Waals surface area (Å²) < 4.78 is 11.8. The number of halogens is 1. The molecule has 1 spiro atoms. The molecular weight excluding hydrogens is 302 g/mol. The maximum atomic E-state index is 12.7. The number of hydrogen-bond acceptors (Lipinski definition) is 3. The van der Waals surface area contributed by atoms with E-state index >= 15 is 0 Å². The number of ether oxygens (including phenoxy) is 2. The van der Waals surface area contributed by atoms with Crippen LogP contribution < -0.4 is 0 Å². The lowest BCUT2D eigenvalue weighted by atomic mass is 9.92. The summed E-state index contributed by atoms with van der Waals surface area (Å²) in [5.74, 6) is 0.0988. The molecule has 5 heteroatoms. The van der Waals surface area contributed by atoms with Crippen molar-refractivity contribution in [1.29, 1.82) is 0 Å². The molecule has 120 valence electrons. The van der Waals surface area contributed by atoms with Crippen LogP contribution in [-0.2, 0) is 20.7 Å². The molecule has 2 aliphatic rings. The molecule has 1 aromatic carbocycles. The number of rotatable bonds is 2. The molecule has 4 nitrogen and oxygen atoms in total. The standard InChI is InChI=1S/C17H22ClNO3/c1-12-10-19(11-17(22-12)7-8-21-13(17)2)16(20)9-14-5-3-4-6-15(14)18/h3-6,12-13H,7-11H2,1-2H3/t12-,13+,17-/m1/s1. The zero-order chi connectivity index (χ0) is 15.7. The lowest BCUT2D eigenvalue weighted by Crippen LogP contribution is -2.59. The minimum Gasteiger partial charge on any atom is -0.375 e. The van der Waals surface area contributed by atoms with Crippen LogP contribution in [-0.4, -0.2) is 48.3 Å². The van der Waals surface area contributed by atoms with E-state index < -0.39 is 0 Å². The number of hydrogen-bond donors (Lipinski definition) is 0. The Hall–Kier alpha value is -1.10. The largest absolute Gasteiger partial charge is 0.375 e. The molecule has 0 saturated carbocycles. The average molecular weight is 324 g/mol. The lowest BCUT2D eigenvalue weighted by Gasteiger charge is -2.45. The summed E-state index contributed by atoms with van der Waals surface area (Å²) in [5, 5.41) is 0.643. The van der Waals surface area contributed by atoms with Crippen molar-refractivity contribution in [2.45, 2.75) is 44.5 Å². The van der Waals surface area contributed by atoms with E-state index in [-0.39, 0.29) is 23.7 Å². The third-order valence-electron chi connectivity index (χ3n) is 4.66. The highest BCUT2D eigenvalue weighted by atomic mass is 35.5. The SMILES string of the molecule is C[C@@H]1CN(C(=O)Cc2ccccc2Cl)C[C@@]2(CCO[C@H]2C)O1. The van der Waals surface area contributed by atoms with Gasteiger partial charge in [-0.15, -0.1) is 0 Å². The Morgan fingerprint density at radius 3 is 2.86 bits per heavy atom. The molecule has 0 aliphatic carbocycles. The summed E-state index contributed by atoms with van der Waals surface area (Å²) >= 11 is 6.16. The van der Waals surface area contributed by atoms with Crippen LogP contribution in [0.15, 0.2) is 24.3 Å². The highest BCUT2D eigenvalue weighted by molar-refractivity contribution is 6.31. The van der Waals surface area contributed by atoms with E-state index in [0.29, 0.717) is 31.1 Å². The Balaban J connectivity index is 1.73. The van der Waals surface area contributed by atoms with Crippen molar-refractivity contribution < 1.29 is 14.3 Å². The number of amides is 1. The van der Waals surface area contributed by atoms with Crippen molar-refractivity contribution in [1.82, 2.24) is 4.90 Å². The van der Waals surface area contributed by atoms with Crippen LogP contribution in [0.25, 0.3) is 0 Å². The predicted molar refractivity (Wildman–Crippen MR) is 85.0 cm³/mol. The fourth-order valence-corrected chi connectivity index (χ4v) is 3.61. The van der Waals surface area contributed by atoms with Crippen LogP contribution in [0.2, 0.25) is 5.02 Å². The molecule has 3 atom stereocenters. The van der Waals surface area contributed by atoms with Gasteiger partial charge in [0.15, 0.2) is 0 Å². The van der Waals surface area contributed by atoms with Crippen LogP contribution in [0.4, 0.5) is 0 Å². The van der Waals surface area contributed by atoms with E-state index in [1.807, 2.05) is 43.0 Å². The third kappa shape index (κ3) is 3.00. The fraction of sp³-hybridized carbons (Fsp3) is 0.588. The average Bonchev–Trinajstić information content (AvgIpc) is 2.81. The van der Waals surface area contributed by atoms with Gasteiger partial charge in [0, 0.05) is 24.6 Å². The third-order valence-corrected chi connectivity index (χ3v) is 5.03. The summed E-state index contributed by atoms with van der Waals surface area (Å²) in [4.78, 5) is 14.6. The van der Waals surface area contributed by atoms with Crippen molar-refractivity contribution in [3.05, 3.63) is 34.9 Å². The molecule has 0 radical (unpaired) electrons. The van der Waals surface area contributed by atoms with Gasteiger partial charge in [-0.05, 0) is 25.5 Å². The van der Waals surface area contributed by atoms with Gasteiger partial charge < -0.3 is 14.4 Å².